The Labute approximate surface area is 182 Å². The van der Waals surface area contributed by atoms with Gasteiger partial charge in [0.1, 0.15) is 6.04 Å². The second-order valence-corrected chi connectivity index (χ2v) is 9.27. The molecule has 166 valence electrons. The summed E-state index contributed by atoms with van der Waals surface area (Å²) in [6.45, 7) is 3.95. The largest absolute Gasteiger partial charge is 0.368 e. The van der Waals surface area contributed by atoms with Crippen molar-refractivity contribution in [3.8, 4) is 0 Å². The number of nitro benzene ring substituents is 1. The summed E-state index contributed by atoms with van der Waals surface area (Å²) in [7, 11) is -3.86. The normalized spacial score (nSPS) is 15.4. The third-order valence-electron chi connectivity index (χ3n) is 5.32. The van der Waals surface area contributed by atoms with Crippen LogP contribution < -0.4 is 9.21 Å². The summed E-state index contributed by atoms with van der Waals surface area (Å²) in [5, 5.41) is 11.2. The summed E-state index contributed by atoms with van der Waals surface area (Å²) < 4.78 is 26.2. The zero-order valence-electron chi connectivity index (χ0n) is 17.5. The maximum absolute atomic E-state index is 13.3. The van der Waals surface area contributed by atoms with E-state index in [0.717, 1.165) is 16.2 Å². The molecule has 1 unspecified atom stereocenters. The van der Waals surface area contributed by atoms with Crippen LogP contribution in [0.15, 0.2) is 54.6 Å². The van der Waals surface area contributed by atoms with Gasteiger partial charge in [-0.05, 0) is 24.6 Å². The third kappa shape index (κ3) is 5.13. The average molecular weight is 447 g/mol. The van der Waals surface area contributed by atoms with Gasteiger partial charge in [0.25, 0.3) is 5.69 Å². The quantitative estimate of drug-likeness (QED) is 0.478. The fraction of sp³-hybridized carbons (Fsp3) is 0.381. The number of anilines is 2. The number of rotatable bonds is 7. The molecule has 1 heterocycles. The second-order valence-electron chi connectivity index (χ2n) is 7.41. The van der Waals surface area contributed by atoms with Gasteiger partial charge in [-0.3, -0.25) is 19.2 Å². The lowest BCUT2D eigenvalue weighted by atomic mass is 10.1. The van der Waals surface area contributed by atoms with Crippen LogP contribution in [0.25, 0.3) is 0 Å². The number of carbonyl (C=O) groups is 1. The number of nitro groups is 1. The number of non-ortho nitro benzene ring substituents is 1. The topological polar surface area (TPSA) is 104 Å². The minimum atomic E-state index is -3.86. The molecule has 1 fully saturated rings. The summed E-state index contributed by atoms with van der Waals surface area (Å²) in [5.74, 6) is -0.299. The Morgan fingerprint density at radius 1 is 1.10 bits per heavy atom. The highest BCUT2D eigenvalue weighted by atomic mass is 32.2. The summed E-state index contributed by atoms with van der Waals surface area (Å²) in [6, 6.07) is 14.3. The molecular formula is C21H26N4O5S. The van der Waals surface area contributed by atoms with Gasteiger partial charge in [0.2, 0.25) is 15.9 Å². The molecule has 2 aromatic rings. The molecule has 2 aromatic carbocycles. The Balaban J connectivity index is 1.82. The molecule has 0 radical (unpaired) electrons. The molecule has 10 heteroatoms. The SMILES string of the molecule is CCC(C(=O)N1CCN(c2ccccc2)CC1)N(c1cccc([N+](=O)[O-])c1)S(C)(=O)=O. The van der Waals surface area contributed by atoms with E-state index in [1.54, 1.807) is 11.8 Å². The van der Waals surface area contributed by atoms with Gasteiger partial charge < -0.3 is 9.80 Å². The highest BCUT2D eigenvalue weighted by Gasteiger charge is 2.35. The summed E-state index contributed by atoms with van der Waals surface area (Å²) in [5.41, 5.74) is 0.959. The van der Waals surface area contributed by atoms with Crippen molar-refractivity contribution >= 4 is 33.0 Å². The van der Waals surface area contributed by atoms with E-state index in [2.05, 4.69) is 4.90 Å². The van der Waals surface area contributed by atoms with Gasteiger partial charge in [-0.25, -0.2) is 8.42 Å². The number of carbonyl (C=O) groups excluding carboxylic acids is 1. The lowest BCUT2D eigenvalue weighted by molar-refractivity contribution is -0.384. The van der Waals surface area contributed by atoms with Gasteiger partial charge in [-0.2, -0.15) is 0 Å². The number of hydrogen-bond acceptors (Lipinski definition) is 6. The lowest BCUT2D eigenvalue weighted by Crippen LogP contribution is -2.56. The van der Waals surface area contributed by atoms with E-state index < -0.39 is 21.0 Å². The Morgan fingerprint density at radius 3 is 2.29 bits per heavy atom. The first kappa shape index (κ1) is 22.5. The van der Waals surface area contributed by atoms with Gasteiger partial charge in [-0.15, -0.1) is 0 Å². The molecule has 1 aliphatic heterocycles. The number of hydrogen-bond donors (Lipinski definition) is 0. The smallest absolute Gasteiger partial charge is 0.271 e. The van der Waals surface area contributed by atoms with E-state index in [1.165, 1.54) is 24.3 Å². The van der Waals surface area contributed by atoms with Crippen molar-refractivity contribution < 1.29 is 18.1 Å². The maximum atomic E-state index is 13.3. The first-order valence-corrected chi connectivity index (χ1v) is 11.9. The van der Waals surface area contributed by atoms with Crippen LogP contribution in [-0.2, 0) is 14.8 Å². The predicted molar refractivity (Wildman–Crippen MR) is 120 cm³/mol. The van der Waals surface area contributed by atoms with Crippen LogP contribution in [0.4, 0.5) is 17.1 Å². The van der Waals surface area contributed by atoms with Crippen molar-refractivity contribution in [1.29, 1.82) is 0 Å². The standard InChI is InChI=1S/C21H26N4O5S/c1-3-20(24(31(2,29)30)18-10-7-11-19(16-18)25(27)28)21(26)23-14-12-22(13-15-23)17-8-5-4-6-9-17/h4-11,16,20H,3,12-15H2,1-2H3. The highest BCUT2D eigenvalue weighted by molar-refractivity contribution is 7.92. The minimum absolute atomic E-state index is 0.111. The van der Waals surface area contributed by atoms with Crippen LogP contribution in [0.3, 0.4) is 0 Å². The van der Waals surface area contributed by atoms with Gasteiger partial charge in [0.15, 0.2) is 0 Å². The minimum Gasteiger partial charge on any atom is -0.368 e. The van der Waals surface area contributed by atoms with Crippen molar-refractivity contribution in [3.63, 3.8) is 0 Å². The monoisotopic (exact) mass is 446 g/mol. The van der Waals surface area contributed by atoms with Crippen molar-refractivity contribution in [2.75, 3.05) is 41.6 Å². The fourth-order valence-electron chi connectivity index (χ4n) is 3.82. The van der Waals surface area contributed by atoms with E-state index in [-0.39, 0.29) is 23.7 Å². The van der Waals surface area contributed by atoms with Crippen molar-refractivity contribution in [2.45, 2.75) is 19.4 Å². The Morgan fingerprint density at radius 2 is 1.74 bits per heavy atom. The summed E-state index contributed by atoms with van der Waals surface area (Å²) in [4.78, 5) is 27.7. The molecule has 1 saturated heterocycles. The van der Waals surface area contributed by atoms with Crippen molar-refractivity contribution in [2.24, 2.45) is 0 Å². The molecule has 31 heavy (non-hydrogen) atoms. The number of sulfonamides is 1. The first-order chi connectivity index (χ1) is 14.7. The van der Waals surface area contributed by atoms with Crippen LogP contribution in [0, 0.1) is 10.1 Å². The average Bonchev–Trinajstić information content (AvgIpc) is 2.77. The molecule has 3 rings (SSSR count). The summed E-state index contributed by atoms with van der Waals surface area (Å²) >= 11 is 0. The molecule has 0 saturated carbocycles. The van der Waals surface area contributed by atoms with Crippen molar-refractivity contribution in [3.05, 3.63) is 64.7 Å². The second kappa shape index (κ2) is 9.34. The Kier molecular flexibility index (Phi) is 6.79. The van der Waals surface area contributed by atoms with Crippen molar-refractivity contribution in [1.82, 2.24) is 4.90 Å². The first-order valence-electron chi connectivity index (χ1n) is 10.0. The van der Waals surface area contributed by atoms with E-state index in [9.17, 15) is 23.3 Å². The molecule has 0 aromatic heterocycles. The highest BCUT2D eigenvalue weighted by Crippen LogP contribution is 2.27. The molecule has 9 nitrogen and oxygen atoms in total. The van der Waals surface area contributed by atoms with Gasteiger partial charge in [0.05, 0.1) is 16.9 Å². The molecular weight excluding hydrogens is 420 g/mol. The van der Waals surface area contributed by atoms with E-state index >= 15 is 0 Å². The third-order valence-corrected chi connectivity index (χ3v) is 6.50. The van der Waals surface area contributed by atoms with E-state index in [1.807, 2.05) is 30.3 Å². The Bertz CT molecular complexity index is 1040. The van der Waals surface area contributed by atoms with Crippen LogP contribution >= 0.6 is 0 Å². The number of benzene rings is 2. The van der Waals surface area contributed by atoms with E-state index in [4.69, 9.17) is 0 Å². The van der Waals surface area contributed by atoms with Gasteiger partial charge >= 0.3 is 0 Å². The summed E-state index contributed by atoms with van der Waals surface area (Å²) in [6.07, 6.45) is 1.25. The van der Waals surface area contributed by atoms with Gasteiger partial charge in [-0.1, -0.05) is 31.2 Å². The molecule has 0 N–H and O–H groups in total. The fourth-order valence-corrected chi connectivity index (χ4v) is 5.02. The number of nitrogens with zero attached hydrogens (tertiary/aromatic N) is 4. The van der Waals surface area contributed by atoms with E-state index in [0.29, 0.717) is 26.2 Å². The van der Waals surface area contributed by atoms with Gasteiger partial charge in [0, 0.05) is 44.0 Å². The zero-order valence-corrected chi connectivity index (χ0v) is 18.4. The molecule has 1 aliphatic rings. The number of para-hydroxylation sites is 1. The van der Waals surface area contributed by atoms with Crippen LogP contribution in [-0.4, -0.2) is 62.6 Å². The molecule has 0 bridgehead atoms. The van der Waals surface area contributed by atoms with Crippen LogP contribution in [0.1, 0.15) is 13.3 Å². The predicted octanol–water partition coefficient (Wildman–Crippen LogP) is 2.49. The van der Waals surface area contributed by atoms with Crippen LogP contribution in [0.5, 0.6) is 0 Å². The zero-order chi connectivity index (χ0) is 22.6. The molecule has 1 amide bonds. The molecule has 0 aliphatic carbocycles. The molecule has 0 spiro atoms. The maximum Gasteiger partial charge on any atom is 0.271 e. The lowest BCUT2D eigenvalue weighted by Gasteiger charge is -2.39. The van der Waals surface area contributed by atoms with Crippen LogP contribution in [0.2, 0.25) is 0 Å². The molecule has 1 atom stereocenters. The number of amides is 1. The Hall–Kier alpha value is -3.14. The number of piperazine rings is 1.